The lowest BCUT2D eigenvalue weighted by atomic mass is 10.1. The molecule has 0 fully saturated rings. The van der Waals surface area contributed by atoms with Crippen molar-refractivity contribution in [2.75, 3.05) is 11.4 Å². The molecule has 0 saturated carbocycles. The van der Waals surface area contributed by atoms with Gasteiger partial charge in [-0.2, -0.15) is 0 Å². The van der Waals surface area contributed by atoms with Gasteiger partial charge < -0.3 is 9.72 Å². The zero-order valence-corrected chi connectivity index (χ0v) is 14.6. The van der Waals surface area contributed by atoms with Crippen LogP contribution in [-0.2, 0) is 17.6 Å². The topological polar surface area (TPSA) is 62.4 Å². The van der Waals surface area contributed by atoms with Gasteiger partial charge in [-0.15, -0.1) is 0 Å². The van der Waals surface area contributed by atoms with Gasteiger partial charge in [0.25, 0.3) is 5.56 Å². The van der Waals surface area contributed by atoms with Crippen molar-refractivity contribution in [3.05, 3.63) is 63.3 Å². The molecule has 5 nitrogen and oxygen atoms in total. The Morgan fingerprint density at radius 3 is 2.60 bits per heavy atom. The van der Waals surface area contributed by atoms with Gasteiger partial charge in [-0.3, -0.25) is 9.69 Å². The van der Waals surface area contributed by atoms with Crippen molar-refractivity contribution < 1.29 is 13.9 Å². The van der Waals surface area contributed by atoms with Gasteiger partial charge in [-0.1, -0.05) is 12.1 Å². The van der Waals surface area contributed by atoms with Crippen LogP contribution in [0.1, 0.15) is 37.6 Å². The number of aromatic amines is 1. The first-order valence-electron chi connectivity index (χ1n) is 8.23. The van der Waals surface area contributed by atoms with E-state index in [1.165, 1.54) is 12.1 Å². The minimum absolute atomic E-state index is 0.186. The predicted octanol–water partition coefficient (Wildman–Crippen LogP) is 3.40. The molecular formula is C19H21FN2O3. The normalized spacial score (nSPS) is 13.7. The highest BCUT2D eigenvalue weighted by atomic mass is 19.1. The number of nitrogens with one attached hydrogen (secondary N) is 1. The minimum Gasteiger partial charge on any atom is -0.443 e. The summed E-state index contributed by atoms with van der Waals surface area (Å²) in [5.41, 5.74) is 1.99. The Hall–Kier alpha value is -2.63. The van der Waals surface area contributed by atoms with E-state index in [4.69, 9.17) is 4.74 Å². The second-order valence-corrected chi connectivity index (χ2v) is 7.17. The number of hydrogen-bond donors (Lipinski definition) is 1. The molecule has 1 N–H and O–H groups in total. The van der Waals surface area contributed by atoms with Gasteiger partial charge in [-0.05, 0) is 44.5 Å². The van der Waals surface area contributed by atoms with E-state index in [1.54, 1.807) is 23.1 Å². The number of carbonyl (C=O) groups is 1. The molecular weight excluding hydrogens is 323 g/mol. The van der Waals surface area contributed by atoms with Crippen LogP contribution in [0.15, 0.2) is 35.1 Å². The fourth-order valence-electron chi connectivity index (χ4n) is 2.83. The molecule has 0 saturated heterocycles. The maximum absolute atomic E-state index is 13.0. The molecule has 1 aliphatic heterocycles. The Balaban J connectivity index is 1.88. The van der Waals surface area contributed by atoms with Gasteiger partial charge in [0.1, 0.15) is 11.4 Å². The third-order valence-electron chi connectivity index (χ3n) is 3.97. The zero-order chi connectivity index (χ0) is 18.2. The standard InChI is InChI=1S/C19H21FN2O3/c1-19(2,3)25-18(24)22-9-8-15-16(22)11-13(17(23)21-15)10-12-4-6-14(20)7-5-12/h4-7,11H,8-10H2,1-3H3,(H,21,23). The lowest BCUT2D eigenvalue weighted by Crippen LogP contribution is -2.35. The summed E-state index contributed by atoms with van der Waals surface area (Å²) in [6.07, 6.45) is 0.525. The second-order valence-electron chi connectivity index (χ2n) is 7.17. The number of amides is 1. The average Bonchev–Trinajstić information content (AvgIpc) is 2.91. The quantitative estimate of drug-likeness (QED) is 0.908. The van der Waals surface area contributed by atoms with Crippen molar-refractivity contribution in [2.45, 2.75) is 39.2 Å². The fraction of sp³-hybridized carbons (Fsp3) is 0.368. The Kier molecular flexibility index (Phi) is 4.37. The number of carbonyl (C=O) groups excluding carboxylic acids is 1. The van der Waals surface area contributed by atoms with Gasteiger partial charge in [0, 0.05) is 30.6 Å². The first kappa shape index (κ1) is 17.2. The number of anilines is 1. The summed E-state index contributed by atoms with van der Waals surface area (Å²) in [6, 6.07) is 7.75. The molecule has 0 atom stereocenters. The van der Waals surface area contributed by atoms with E-state index in [-0.39, 0.29) is 11.4 Å². The van der Waals surface area contributed by atoms with Gasteiger partial charge in [0.15, 0.2) is 0 Å². The summed E-state index contributed by atoms with van der Waals surface area (Å²) in [4.78, 5) is 29.1. The summed E-state index contributed by atoms with van der Waals surface area (Å²) < 4.78 is 18.5. The van der Waals surface area contributed by atoms with Crippen LogP contribution in [0.25, 0.3) is 0 Å². The molecule has 0 spiro atoms. The van der Waals surface area contributed by atoms with Crippen molar-refractivity contribution >= 4 is 11.8 Å². The lowest BCUT2D eigenvalue weighted by Gasteiger charge is -2.24. The van der Waals surface area contributed by atoms with Gasteiger partial charge in [0.05, 0.1) is 5.69 Å². The number of pyridine rings is 1. The summed E-state index contributed by atoms with van der Waals surface area (Å²) in [5, 5.41) is 0. The third-order valence-corrected chi connectivity index (χ3v) is 3.97. The highest BCUT2D eigenvalue weighted by molar-refractivity contribution is 5.90. The number of ether oxygens (including phenoxy) is 1. The minimum atomic E-state index is -0.584. The number of aromatic nitrogens is 1. The Morgan fingerprint density at radius 2 is 1.96 bits per heavy atom. The molecule has 0 radical (unpaired) electrons. The van der Waals surface area contributed by atoms with Crippen molar-refractivity contribution in [1.29, 1.82) is 0 Å². The lowest BCUT2D eigenvalue weighted by molar-refractivity contribution is 0.0584. The van der Waals surface area contributed by atoms with E-state index in [9.17, 15) is 14.0 Å². The van der Waals surface area contributed by atoms with E-state index < -0.39 is 11.7 Å². The zero-order valence-electron chi connectivity index (χ0n) is 14.6. The van der Waals surface area contributed by atoms with Crippen LogP contribution in [0.5, 0.6) is 0 Å². The summed E-state index contributed by atoms with van der Waals surface area (Å²) >= 11 is 0. The largest absolute Gasteiger partial charge is 0.443 e. The van der Waals surface area contributed by atoms with Crippen LogP contribution >= 0.6 is 0 Å². The van der Waals surface area contributed by atoms with E-state index >= 15 is 0 Å². The molecule has 0 aliphatic carbocycles. The highest BCUT2D eigenvalue weighted by Gasteiger charge is 2.30. The number of fused-ring (bicyclic) bond motifs is 1. The Labute approximate surface area is 145 Å². The smallest absolute Gasteiger partial charge is 0.414 e. The number of hydrogen-bond acceptors (Lipinski definition) is 3. The van der Waals surface area contributed by atoms with Crippen LogP contribution in [0.4, 0.5) is 14.9 Å². The number of halogens is 1. The number of rotatable bonds is 2. The van der Waals surface area contributed by atoms with Gasteiger partial charge in [-0.25, -0.2) is 9.18 Å². The van der Waals surface area contributed by atoms with Crippen molar-refractivity contribution in [3.8, 4) is 0 Å². The van der Waals surface area contributed by atoms with Crippen LogP contribution < -0.4 is 10.5 Å². The predicted molar refractivity (Wildman–Crippen MR) is 93.6 cm³/mol. The van der Waals surface area contributed by atoms with Gasteiger partial charge in [0.2, 0.25) is 0 Å². The summed E-state index contributed by atoms with van der Waals surface area (Å²) in [7, 11) is 0. The second kappa shape index (κ2) is 6.35. The molecule has 1 aromatic carbocycles. The first-order valence-corrected chi connectivity index (χ1v) is 8.23. The molecule has 6 heteroatoms. The molecule has 3 rings (SSSR count). The maximum atomic E-state index is 13.0. The summed E-state index contributed by atoms with van der Waals surface area (Å²) in [5.74, 6) is -0.317. The Bertz CT molecular complexity index is 850. The molecule has 0 unspecified atom stereocenters. The van der Waals surface area contributed by atoms with Crippen molar-refractivity contribution in [2.24, 2.45) is 0 Å². The average molecular weight is 344 g/mol. The van der Waals surface area contributed by atoms with Crippen LogP contribution in [0, 0.1) is 5.82 Å². The maximum Gasteiger partial charge on any atom is 0.414 e. The van der Waals surface area contributed by atoms with E-state index in [1.807, 2.05) is 20.8 Å². The van der Waals surface area contributed by atoms with Crippen molar-refractivity contribution in [3.63, 3.8) is 0 Å². The molecule has 0 bridgehead atoms. The first-order chi connectivity index (χ1) is 11.7. The van der Waals surface area contributed by atoms with Crippen LogP contribution in [0.3, 0.4) is 0 Å². The number of H-pyrrole nitrogens is 1. The number of benzene rings is 1. The molecule has 1 aromatic heterocycles. The molecule has 132 valence electrons. The third kappa shape index (κ3) is 3.90. The van der Waals surface area contributed by atoms with Crippen molar-refractivity contribution in [1.82, 2.24) is 4.98 Å². The highest BCUT2D eigenvalue weighted by Crippen LogP contribution is 2.28. The molecule has 1 amide bonds. The molecule has 25 heavy (non-hydrogen) atoms. The molecule has 2 aromatic rings. The van der Waals surface area contributed by atoms with E-state index in [0.717, 1.165) is 11.3 Å². The van der Waals surface area contributed by atoms with Crippen LogP contribution in [-0.4, -0.2) is 23.2 Å². The van der Waals surface area contributed by atoms with E-state index in [2.05, 4.69) is 4.98 Å². The molecule has 2 heterocycles. The Morgan fingerprint density at radius 1 is 1.28 bits per heavy atom. The van der Waals surface area contributed by atoms with Gasteiger partial charge >= 0.3 is 6.09 Å². The monoisotopic (exact) mass is 344 g/mol. The summed E-state index contributed by atoms with van der Waals surface area (Å²) in [6.45, 7) is 5.92. The fourth-order valence-corrected chi connectivity index (χ4v) is 2.83. The van der Waals surface area contributed by atoms with E-state index in [0.29, 0.717) is 30.6 Å². The van der Waals surface area contributed by atoms with Crippen LogP contribution in [0.2, 0.25) is 0 Å². The number of nitrogens with zero attached hydrogens (tertiary/aromatic N) is 1. The molecule has 1 aliphatic rings. The SMILES string of the molecule is CC(C)(C)OC(=O)N1CCc2[nH]c(=O)c(Cc3ccc(F)cc3)cc21.